The fourth-order valence-corrected chi connectivity index (χ4v) is 1.33. The Labute approximate surface area is 72.4 Å². The number of rotatable bonds is 1. The molecule has 3 amide bonds. The molecule has 0 aliphatic carbocycles. The third-order valence-electron chi connectivity index (χ3n) is 1.18. The molecule has 1 aromatic heterocycles. The van der Waals surface area contributed by atoms with Gasteiger partial charge in [0, 0.05) is 0 Å². The van der Waals surface area contributed by atoms with Crippen molar-refractivity contribution in [1.82, 2.24) is 5.32 Å². The lowest BCUT2D eigenvalue weighted by Crippen LogP contribution is -2.34. The van der Waals surface area contributed by atoms with Gasteiger partial charge in [0.05, 0.1) is 10.6 Å². The third-order valence-corrected chi connectivity index (χ3v) is 1.92. The van der Waals surface area contributed by atoms with Gasteiger partial charge in [-0.15, -0.1) is 11.3 Å². The topological polar surface area (TPSA) is 98.2 Å². The zero-order valence-electron chi connectivity index (χ0n) is 6.03. The van der Waals surface area contributed by atoms with E-state index in [4.69, 9.17) is 11.5 Å². The van der Waals surface area contributed by atoms with Crippen LogP contribution >= 0.6 is 11.3 Å². The van der Waals surface area contributed by atoms with Gasteiger partial charge in [-0.3, -0.25) is 10.1 Å². The van der Waals surface area contributed by atoms with E-state index in [1.54, 1.807) is 5.38 Å². The monoisotopic (exact) mass is 185 g/mol. The van der Waals surface area contributed by atoms with Crippen LogP contribution in [0.4, 0.5) is 9.80 Å². The van der Waals surface area contributed by atoms with Gasteiger partial charge < -0.3 is 11.5 Å². The largest absolute Gasteiger partial charge is 0.390 e. The smallest absolute Gasteiger partial charge is 0.319 e. The lowest BCUT2D eigenvalue weighted by atomic mass is 10.3. The van der Waals surface area contributed by atoms with E-state index in [9.17, 15) is 9.59 Å². The highest BCUT2D eigenvalue weighted by atomic mass is 32.1. The molecule has 1 rings (SSSR count). The van der Waals surface area contributed by atoms with Crippen molar-refractivity contribution in [3.05, 3.63) is 17.0 Å². The van der Waals surface area contributed by atoms with Gasteiger partial charge in [0.2, 0.25) is 0 Å². The molecule has 64 valence electrons. The second-order valence-electron chi connectivity index (χ2n) is 2.02. The van der Waals surface area contributed by atoms with Crippen molar-refractivity contribution in [3.63, 3.8) is 0 Å². The van der Waals surface area contributed by atoms with Crippen molar-refractivity contribution in [2.24, 2.45) is 5.73 Å². The van der Waals surface area contributed by atoms with E-state index in [1.807, 2.05) is 5.32 Å². The summed E-state index contributed by atoms with van der Waals surface area (Å²) in [6.45, 7) is 0. The average molecular weight is 185 g/mol. The van der Waals surface area contributed by atoms with Crippen LogP contribution in [-0.2, 0) is 0 Å². The van der Waals surface area contributed by atoms with Gasteiger partial charge in [0.25, 0.3) is 5.91 Å². The van der Waals surface area contributed by atoms with Crippen LogP contribution in [0.5, 0.6) is 0 Å². The van der Waals surface area contributed by atoms with E-state index in [-0.39, 0.29) is 5.56 Å². The number of nitrogen functional groups attached to an aromatic ring is 1. The van der Waals surface area contributed by atoms with Gasteiger partial charge in [-0.1, -0.05) is 0 Å². The highest BCUT2D eigenvalue weighted by molar-refractivity contribution is 7.14. The second kappa shape index (κ2) is 3.22. The number of anilines is 1. The minimum atomic E-state index is -0.884. The van der Waals surface area contributed by atoms with Crippen LogP contribution in [0.1, 0.15) is 10.4 Å². The van der Waals surface area contributed by atoms with Crippen LogP contribution in [0, 0.1) is 0 Å². The molecule has 5 nitrogen and oxygen atoms in total. The molecule has 0 unspecified atom stereocenters. The van der Waals surface area contributed by atoms with Gasteiger partial charge in [-0.25, -0.2) is 4.79 Å². The SMILES string of the molecule is NC(=O)NC(=O)c1ccsc1N. The Kier molecular flexibility index (Phi) is 2.29. The molecule has 0 fully saturated rings. The molecule has 0 aromatic carbocycles. The minimum Gasteiger partial charge on any atom is -0.390 e. The summed E-state index contributed by atoms with van der Waals surface area (Å²) in [6.07, 6.45) is 0. The van der Waals surface area contributed by atoms with Gasteiger partial charge in [-0.05, 0) is 11.4 Å². The molecule has 0 aliphatic rings. The maximum absolute atomic E-state index is 11.1. The second-order valence-corrected chi connectivity index (χ2v) is 2.96. The van der Waals surface area contributed by atoms with Crippen LogP contribution in [0.2, 0.25) is 0 Å². The Hall–Kier alpha value is -1.56. The van der Waals surface area contributed by atoms with Crippen molar-refractivity contribution in [2.45, 2.75) is 0 Å². The Bertz CT molecular complexity index is 320. The summed E-state index contributed by atoms with van der Waals surface area (Å²) in [5.74, 6) is -0.568. The molecule has 0 saturated carbocycles. The quantitative estimate of drug-likeness (QED) is 0.580. The summed E-state index contributed by atoms with van der Waals surface area (Å²) < 4.78 is 0. The van der Waals surface area contributed by atoms with Gasteiger partial charge >= 0.3 is 6.03 Å². The number of urea groups is 1. The van der Waals surface area contributed by atoms with Gasteiger partial charge in [0.15, 0.2) is 0 Å². The van der Waals surface area contributed by atoms with Crippen molar-refractivity contribution < 1.29 is 9.59 Å². The standard InChI is InChI=1S/C6H7N3O2S/c7-4-3(1-2-12-4)5(10)9-6(8)11/h1-2H,7H2,(H3,8,9,10,11). The Morgan fingerprint density at radius 2 is 2.17 bits per heavy atom. The number of amides is 3. The molecule has 12 heavy (non-hydrogen) atoms. The van der Waals surface area contributed by atoms with E-state index >= 15 is 0 Å². The highest BCUT2D eigenvalue weighted by Crippen LogP contribution is 2.18. The summed E-state index contributed by atoms with van der Waals surface area (Å²) in [5, 5.41) is 3.94. The van der Waals surface area contributed by atoms with Crippen LogP contribution in [-0.4, -0.2) is 11.9 Å². The lowest BCUT2D eigenvalue weighted by molar-refractivity contribution is 0.0967. The number of carbonyl (C=O) groups excluding carboxylic acids is 2. The minimum absolute atomic E-state index is 0.277. The van der Waals surface area contributed by atoms with Crippen LogP contribution < -0.4 is 16.8 Å². The number of hydrogen-bond donors (Lipinski definition) is 3. The number of carbonyl (C=O) groups is 2. The number of primary amides is 1. The average Bonchev–Trinajstić information content (AvgIpc) is 2.33. The molecule has 0 spiro atoms. The van der Waals surface area contributed by atoms with Crippen molar-refractivity contribution in [3.8, 4) is 0 Å². The first-order valence-corrected chi connectivity index (χ1v) is 3.93. The fraction of sp³-hybridized carbons (Fsp3) is 0. The normalized spacial score (nSPS) is 9.33. The Morgan fingerprint density at radius 1 is 1.50 bits per heavy atom. The predicted octanol–water partition coefficient (Wildman–Crippen LogP) is 0.139. The molecular formula is C6H7N3O2S. The summed E-state index contributed by atoms with van der Waals surface area (Å²) in [6, 6.07) is 0.642. The molecule has 5 N–H and O–H groups in total. The predicted molar refractivity (Wildman–Crippen MR) is 45.8 cm³/mol. The molecule has 1 aromatic rings. The van der Waals surface area contributed by atoms with Crippen LogP contribution in [0.15, 0.2) is 11.4 Å². The lowest BCUT2D eigenvalue weighted by Gasteiger charge is -1.97. The zero-order chi connectivity index (χ0) is 9.14. The van der Waals surface area contributed by atoms with E-state index in [1.165, 1.54) is 17.4 Å². The maximum Gasteiger partial charge on any atom is 0.319 e. The molecule has 0 atom stereocenters. The van der Waals surface area contributed by atoms with Crippen LogP contribution in [0.3, 0.4) is 0 Å². The molecular weight excluding hydrogens is 178 g/mol. The van der Waals surface area contributed by atoms with Crippen molar-refractivity contribution >= 4 is 28.3 Å². The maximum atomic E-state index is 11.1. The Balaban J connectivity index is 2.78. The number of nitrogens with two attached hydrogens (primary N) is 2. The molecule has 1 heterocycles. The van der Waals surface area contributed by atoms with E-state index < -0.39 is 11.9 Å². The summed E-state index contributed by atoms with van der Waals surface area (Å²) in [4.78, 5) is 21.3. The molecule has 0 radical (unpaired) electrons. The first-order valence-electron chi connectivity index (χ1n) is 3.05. The fourth-order valence-electron chi connectivity index (χ4n) is 0.688. The molecule has 6 heteroatoms. The number of hydrogen-bond acceptors (Lipinski definition) is 4. The zero-order valence-corrected chi connectivity index (χ0v) is 6.85. The van der Waals surface area contributed by atoms with Gasteiger partial charge in [-0.2, -0.15) is 0 Å². The summed E-state index contributed by atoms with van der Waals surface area (Å²) >= 11 is 1.22. The molecule has 0 saturated heterocycles. The highest BCUT2D eigenvalue weighted by Gasteiger charge is 2.11. The number of thiophene rings is 1. The number of nitrogens with one attached hydrogen (secondary N) is 1. The molecule has 0 bridgehead atoms. The van der Waals surface area contributed by atoms with E-state index in [0.29, 0.717) is 5.00 Å². The third kappa shape index (κ3) is 1.73. The van der Waals surface area contributed by atoms with Crippen molar-refractivity contribution in [1.29, 1.82) is 0 Å². The van der Waals surface area contributed by atoms with Gasteiger partial charge in [0.1, 0.15) is 0 Å². The van der Waals surface area contributed by atoms with Crippen molar-refractivity contribution in [2.75, 3.05) is 5.73 Å². The van der Waals surface area contributed by atoms with E-state index in [0.717, 1.165) is 0 Å². The molecule has 0 aliphatic heterocycles. The first kappa shape index (κ1) is 8.54. The Morgan fingerprint density at radius 3 is 2.58 bits per heavy atom. The summed E-state index contributed by atoms with van der Waals surface area (Å²) in [5.41, 5.74) is 10.4. The number of imide groups is 1. The first-order chi connectivity index (χ1) is 5.61. The van der Waals surface area contributed by atoms with Crippen LogP contribution in [0.25, 0.3) is 0 Å². The van der Waals surface area contributed by atoms with E-state index in [2.05, 4.69) is 0 Å². The summed E-state index contributed by atoms with van der Waals surface area (Å²) in [7, 11) is 0.